The van der Waals surface area contributed by atoms with Gasteiger partial charge in [0.15, 0.2) is 0 Å². The molecule has 0 spiro atoms. The lowest BCUT2D eigenvalue weighted by Crippen LogP contribution is -1.93. The van der Waals surface area contributed by atoms with Gasteiger partial charge in [0.25, 0.3) is 0 Å². The van der Waals surface area contributed by atoms with E-state index >= 15 is 0 Å². The molecule has 0 saturated heterocycles. The van der Waals surface area contributed by atoms with Gasteiger partial charge in [-0.3, -0.25) is 9.05 Å². The van der Waals surface area contributed by atoms with Crippen LogP contribution in [0.15, 0.2) is 18.9 Å². The first-order valence-electron chi connectivity index (χ1n) is 3.45. The van der Waals surface area contributed by atoms with E-state index in [9.17, 15) is 4.57 Å². The van der Waals surface area contributed by atoms with Crippen LogP contribution in [0.1, 0.15) is 13.8 Å². The lowest BCUT2D eigenvalue weighted by Gasteiger charge is -2.07. The highest BCUT2D eigenvalue weighted by molar-refractivity contribution is 7.47. The van der Waals surface area contributed by atoms with Crippen molar-refractivity contribution in [3.8, 4) is 0 Å². The van der Waals surface area contributed by atoms with Gasteiger partial charge in [-0.25, -0.2) is 4.57 Å². The zero-order chi connectivity index (χ0) is 10.0. The molecule has 0 fully saturated rings. The summed E-state index contributed by atoms with van der Waals surface area (Å²) in [5, 5.41) is 0. The van der Waals surface area contributed by atoms with Gasteiger partial charge in [0.1, 0.15) is 0 Å². The molecule has 4 nitrogen and oxygen atoms in total. The van der Waals surface area contributed by atoms with Crippen LogP contribution >= 0.6 is 7.82 Å². The summed E-state index contributed by atoms with van der Waals surface area (Å²) in [6.07, 6.45) is 0. The zero-order valence-corrected chi connectivity index (χ0v) is 8.34. The van der Waals surface area contributed by atoms with Gasteiger partial charge in [-0.2, -0.15) is 0 Å². The molecular weight excluding hydrogens is 179 g/mol. The van der Waals surface area contributed by atoms with Crippen molar-refractivity contribution in [2.45, 2.75) is 13.8 Å². The average Bonchev–Trinajstić information content (AvgIpc) is 1.88. The van der Waals surface area contributed by atoms with E-state index in [4.69, 9.17) is 4.89 Å². The van der Waals surface area contributed by atoms with Gasteiger partial charge in [-0.15, -0.1) is 5.73 Å². The molecule has 0 aromatic carbocycles. The Hall–Kier alpha value is -0.370. The smallest absolute Gasteiger partial charge is 0.302 e. The summed E-state index contributed by atoms with van der Waals surface area (Å²) < 4.78 is 19.2. The van der Waals surface area contributed by atoms with E-state index in [2.05, 4.69) is 27.9 Å². The van der Waals surface area contributed by atoms with Crippen LogP contribution in [0.3, 0.4) is 0 Å². The van der Waals surface area contributed by atoms with Crippen LogP contribution in [0, 0.1) is 0 Å². The maximum absolute atomic E-state index is 10.5. The normalized spacial score (nSPS) is 9.58. The predicted octanol–water partition coefficient (Wildman–Crippen LogP) is 2.12. The SMILES string of the molecule is C=C=C.CCOP(=O)(O)OCC. The average molecular weight is 194 g/mol. The first kappa shape index (κ1) is 14.2. The van der Waals surface area contributed by atoms with E-state index in [0.717, 1.165) is 0 Å². The van der Waals surface area contributed by atoms with Gasteiger partial charge in [0.2, 0.25) is 0 Å². The quantitative estimate of drug-likeness (QED) is 0.550. The second-order valence-electron chi connectivity index (χ2n) is 1.55. The number of phosphoric ester groups is 1. The topological polar surface area (TPSA) is 55.8 Å². The van der Waals surface area contributed by atoms with Crippen LogP contribution in [0.5, 0.6) is 0 Å². The standard InChI is InChI=1S/C4H11O4P.C3H4/c1-3-7-9(5,6)8-4-2;1-3-2/h3-4H2,1-2H3,(H,5,6);1-2H2. The van der Waals surface area contributed by atoms with E-state index in [1.54, 1.807) is 13.8 Å². The number of phosphoric acid groups is 1. The van der Waals surface area contributed by atoms with Crippen molar-refractivity contribution in [2.24, 2.45) is 0 Å². The zero-order valence-electron chi connectivity index (χ0n) is 7.45. The molecule has 0 atom stereocenters. The maximum atomic E-state index is 10.5. The van der Waals surface area contributed by atoms with Crippen molar-refractivity contribution in [3.63, 3.8) is 0 Å². The molecule has 0 heterocycles. The minimum Gasteiger partial charge on any atom is -0.302 e. The van der Waals surface area contributed by atoms with Gasteiger partial charge >= 0.3 is 7.82 Å². The Morgan fingerprint density at radius 3 is 1.75 bits per heavy atom. The second kappa shape index (κ2) is 8.72. The van der Waals surface area contributed by atoms with E-state index in [1.165, 1.54) is 0 Å². The molecule has 0 aliphatic heterocycles. The molecule has 1 N–H and O–H groups in total. The van der Waals surface area contributed by atoms with Gasteiger partial charge in [-0.1, -0.05) is 13.2 Å². The van der Waals surface area contributed by atoms with Crippen molar-refractivity contribution in [3.05, 3.63) is 18.9 Å². The van der Waals surface area contributed by atoms with Crippen LogP contribution in [0.25, 0.3) is 0 Å². The highest BCUT2D eigenvalue weighted by Crippen LogP contribution is 2.42. The van der Waals surface area contributed by atoms with Gasteiger partial charge < -0.3 is 4.89 Å². The van der Waals surface area contributed by atoms with Crippen LogP contribution in [-0.4, -0.2) is 18.1 Å². The highest BCUT2D eigenvalue weighted by Gasteiger charge is 2.17. The number of hydrogen-bond donors (Lipinski definition) is 1. The van der Waals surface area contributed by atoms with Crippen molar-refractivity contribution in [2.75, 3.05) is 13.2 Å². The molecular formula is C7H15O4P. The van der Waals surface area contributed by atoms with Crippen LogP contribution in [0.4, 0.5) is 0 Å². The first-order chi connectivity index (χ1) is 5.54. The molecule has 0 unspecified atom stereocenters. The third-order valence-electron chi connectivity index (χ3n) is 0.584. The van der Waals surface area contributed by atoms with Crippen LogP contribution in [0.2, 0.25) is 0 Å². The summed E-state index contributed by atoms with van der Waals surface area (Å²) in [7, 11) is -3.69. The van der Waals surface area contributed by atoms with Crippen LogP contribution in [-0.2, 0) is 13.6 Å². The monoisotopic (exact) mass is 194 g/mol. The molecule has 12 heavy (non-hydrogen) atoms. The molecule has 0 aliphatic rings. The maximum Gasteiger partial charge on any atom is 0.472 e. The Morgan fingerprint density at radius 1 is 1.33 bits per heavy atom. The number of hydrogen-bond acceptors (Lipinski definition) is 3. The molecule has 5 heteroatoms. The van der Waals surface area contributed by atoms with Gasteiger partial charge in [0, 0.05) is 0 Å². The fourth-order valence-corrected chi connectivity index (χ4v) is 1.09. The molecule has 0 aliphatic carbocycles. The second-order valence-corrected chi connectivity index (χ2v) is 3.01. The summed E-state index contributed by atoms with van der Waals surface area (Å²) in [5.74, 6) is 0. The minimum absolute atomic E-state index is 0.188. The summed E-state index contributed by atoms with van der Waals surface area (Å²) in [6, 6.07) is 0. The fraction of sp³-hybridized carbons (Fsp3) is 0.571. The van der Waals surface area contributed by atoms with Gasteiger partial charge in [0.05, 0.1) is 13.2 Å². The van der Waals surface area contributed by atoms with Crippen molar-refractivity contribution < 1.29 is 18.5 Å². The Kier molecular flexibility index (Phi) is 10.3. The molecule has 0 bridgehead atoms. The Bertz CT molecular complexity index is 162. The highest BCUT2D eigenvalue weighted by atomic mass is 31.2. The molecule has 0 amide bonds. The minimum atomic E-state index is -3.69. The lowest BCUT2D eigenvalue weighted by atomic mass is 10.9. The Morgan fingerprint density at radius 2 is 1.58 bits per heavy atom. The molecule has 0 saturated carbocycles. The third-order valence-corrected chi connectivity index (χ3v) is 1.75. The molecule has 0 radical (unpaired) electrons. The van der Waals surface area contributed by atoms with E-state index < -0.39 is 7.82 Å². The summed E-state index contributed by atoms with van der Waals surface area (Å²) in [5.41, 5.74) is 2.25. The fourth-order valence-electron chi connectivity index (χ4n) is 0.364. The molecule has 0 rings (SSSR count). The number of rotatable bonds is 4. The van der Waals surface area contributed by atoms with Gasteiger partial charge in [-0.05, 0) is 13.8 Å². The van der Waals surface area contributed by atoms with Crippen molar-refractivity contribution in [1.29, 1.82) is 0 Å². The largest absolute Gasteiger partial charge is 0.472 e. The summed E-state index contributed by atoms with van der Waals surface area (Å²) in [6.45, 7) is 9.88. The van der Waals surface area contributed by atoms with E-state index in [0.29, 0.717) is 0 Å². The molecule has 0 aromatic heterocycles. The van der Waals surface area contributed by atoms with Crippen molar-refractivity contribution >= 4 is 7.82 Å². The van der Waals surface area contributed by atoms with E-state index in [1.807, 2.05) is 0 Å². The summed E-state index contributed by atoms with van der Waals surface area (Å²) >= 11 is 0. The Balaban J connectivity index is 0. The lowest BCUT2D eigenvalue weighted by molar-refractivity contribution is 0.161. The van der Waals surface area contributed by atoms with E-state index in [-0.39, 0.29) is 13.2 Å². The molecule has 0 aromatic rings. The van der Waals surface area contributed by atoms with Crippen molar-refractivity contribution in [1.82, 2.24) is 0 Å². The van der Waals surface area contributed by atoms with Crippen LogP contribution < -0.4 is 0 Å². The molecule has 72 valence electrons. The Labute approximate surface area is 73.1 Å². The third kappa shape index (κ3) is 12.3. The predicted molar refractivity (Wildman–Crippen MR) is 47.8 cm³/mol. The first-order valence-corrected chi connectivity index (χ1v) is 4.94. The summed E-state index contributed by atoms with van der Waals surface area (Å²) in [4.78, 5) is 8.63.